The first-order chi connectivity index (χ1) is 14.0. The van der Waals surface area contributed by atoms with Crippen LogP contribution < -0.4 is 5.32 Å². The van der Waals surface area contributed by atoms with Crippen molar-refractivity contribution >= 4 is 56.5 Å². The van der Waals surface area contributed by atoms with Gasteiger partial charge < -0.3 is 9.88 Å². The summed E-state index contributed by atoms with van der Waals surface area (Å²) in [5, 5.41) is 4.41. The maximum atomic E-state index is 12.4. The molecule has 0 saturated carbocycles. The Kier molecular flexibility index (Phi) is 5.29. The van der Waals surface area contributed by atoms with Gasteiger partial charge in [0.15, 0.2) is 5.82 Å². The summed E-state index contributed by atoms with van der Waals surface area (Å²) >= 11 is 7.92. The Balaban J connectivity index is 1.44. The van der Waals surface area contributed by atoms with Gasteiger partial charge in [-0.2, -0.15) is 0 Å². The van der Waals surface area contributed by atoms with Gasteiger partial charge in [-0.15, -0.1) is 11.3 Å². The van der Waals surface area contributed by atoms with Crippen LogP contribution in [0, 0.1) is 0 Å². The number of benzene rings is 2. The lowest BCUT2D eigenvalue weighted by Crippen LogP contribution is -2.10. The molecule has 0 aliphatic heterocycles. The number of nitrogens with one attached hydrogen (secondary N) is 1. The number of imidazole rings is 1. The number of carbonyl (C=O) groups excluding carboxylic acids is 2. The number of halogens is 1. The second kappa shape index (κ2) is 8.03. The van der Waals surface area contributed by atoms with Crippen molar-refractivity contribution in [3.8, 4) is 0 Å². The zero-order valence-corrected chi connectivity index (χ0v) is 17.0. The Labute approximate surface area is 176 Å². The summed E-state index contributed by atoms with van der Waals surface area (Å²) in [7, 11) is 1.77. The highest BCUT2D eigenvalue weighted by Crippen LogP contribution is 2.35. The third kappa shape index (κ3) is 3.99. The summed E-state index contributed by atoms with van der Waals surface area (Å²) < 4.78 is 2.74. The number of fused-ring (bicyclic) bond motifs is 1. The van der Waals surface area contributed by atoms with Crippen LogP contribution in [-0.4, -0.2) is 21.2 Å². The molecule has 7 heteroatoms. The van der Waals surface area contributed by atoms with E-state index >= 15 is 0 Å². The van der Waals surface area contributed by atoms with Crippen LogP contribution in [0.25, 0.3) is 16.2 Å². The van der Waals surface area contributed by atoms with E-state index in [9.17, 15) is 9.59 Å². The molecule has 0 bridgehead atoms. The van der Waals surface area contributed by atoms with E-state index < -0.39 is 0 Å². The summed E-state index contributed by atoms with van der Waals surface area (Å²) in [6, 6.07) is 14.6. The molecule has 0 aliphatic carbocycles. The third-order valence-electron chi connectivity index (χ3n) is 4.38. The highest BCUT2D eigenvalue weighted by Gasteiger charge is 2.13. The first kappa shape index (κ1) is 19.1. The van der Waals surface area contributed by atoms with Gasteiger partial charge in [-0.25, -0.2) is 4.98 Å². The molecular weight excluding hydrogens is 406 g/mol. The van der Waals surface area contributed by atoms with Gasteiger partial charge in [-0.1, -0.05) is 29.8 Å². The molecule has 144 valence electrons. The summed E-state index contributed by atoms with van der Waals surface area (Å²) in [6.45, 7) is 0. The van der Waals surface area contributed by atoms with Crippen LogP contribution in [0.2, 0.25) is 5.02 Å². The molecule has 2 aromatic carbocycles. The van der Waals surface area contributed by atoms with Crippen LogP contribution in [0.4, 0.5) is 5.69 Å². The molecule has 0 spiro atoms. The SMILES string of the molecule is Cn1ccnc1C(=O)c1ccc(NC(=O)/C=C/c2sc3ccccc3c2Cl)cc1. The number of amides is 1. The molecule has 29 heavy (non-hydrogen) atoms. The number of rotatable bonds is 5. The maximum absolute atomic E-state index is 12.4. The number of ketones is 1. The van der Waals surface area contributed by atoms with Crippen molar-refractivity contribution in [1.29, 1.82) is 0 Å². The number of aryl methyl sites for hydroxylation is 1. The van der Waals surface area contributed by atoms with Crippen molar-refractivity contribution in [2.24, 2.45) is 7.05 Å². The number of nitrogens with zero attached hydrogens (tertiary/aromatic N) is 2. The fourth-order valence-electron chi connectivity index (χ4n) is 2.89. The van der Waals surface area contributed by atoms with E-state index in [4.69, 9.17) is 11.6 Å². The molecule has 0 atom stereocenters. The van der Waals surface area contributed by atoms with Gasteiger partial charge in [-0.05, 0) is 36.4 Å². The number of hydrogen-bond donors (Lipinski definition) is 1. The molecule has 1 amide bonds. The quantitative estimate of drug-likeness (QED) is 0.357. The van der Waals surface area contributed by atoms with Gasteiger partial charge in [-0.3, -0.25) is 9.59 Å². The summed E-state index contributed by atoms with van der Waals surface area (Å²) in [5.41, 5.74) is 1.10. The minimum absolute atomic E-state index is 0.172. The number of aromatic nitrogens is 2. The molecule has 4 rings (SSSR count). The van der Waals surface area contributed by atoms with Crippen LogP contribution in [0.1, 0.15) is 21.1 Å². The molecule has 2 aromatic heterocycles. The van der Waals surface area contributed by atoms with E-state index in [0.29, 0.717) is 22.1 Å². The zero-order chi connectivity index (χ0) is 20.4. The predicted octanol–water partition coefficient (Wildman–Crippen LogP) is 5.17. The Morgan fingerprint density at radius 2 is 1.90 bits per heavy atom. The van der Waals surface area contributed by atoms with E-state index in [1.807, 2.05) is 24.3 Å². The fraction of sp³-hybridized carbons (Fsp3) is 0.0455. The van der Waals surface area contributed by atoms with Crippen molar-refractivity contribution in [2.45, 2.75) is 0 Å². The van der Waals surface area contributed by atoms with Crippen LogP contribution in [0.3, 0.4) is 0 Å². The van der Waals surface area contributed by atoms with E-state index in [1.165, 1.54) is 17.4 Å². The van der Waals surface area contributed by atoms with Crippen molar-refractivity contribution in [3.05, 3.63) is 88.3 Å². The largest absolute Gasteiger partial charge is 0.331 e. The van der Waals surface area contributed by atoms with Crippen LogP contribution in [-0.2, 0) is 11.8 Å². The maximum Gasteiger partial charge on any atom is 0.248 e. The number of carbonyl (C=O) groups is 2. The van der Waals surface area contributed by atoms with Crippen molar-refractivity contribution in [2.75, 3.05) is 5.32 Å². The molecule has 0 radical (unpaired) electrons. The molecule has 1 N–H and O–H groups in total. The molecule has 0 aliphatic rings. The molecule has 0 unspecified atom stereocenters. The van der Waals surface area contributed by atoms with Crippen LogP contribution in [0.5, 0.6) is 0 Å². The van der Waals surface area contributed by atoms with Crippen molar-refractivity contribution < 1.29 is 9.59 Å². The third-order valence-corrected chi connectivity index (χ3v) is 6.04. The van der Waals surface area contributed by atoms with Crippen LogP contribution >= 0.6 is 22.9 Å². The summed E-state index contributed by atoms with van der Waals surface area (Å²) in [4.78, 5) is 29.6. The first-order valence-corrected chi connectivity index (χ1v) is 10.0. The van der Waals surface area contributed by atoms with Crippen LogP contribution in [0.15, 0.2) is 67.0 Å². The van der Waals surface area contributed by atoms with Gasteiger partial charge in [0.05, 0.1) is 5.02 Å². The number of anilines is 1. The smallest absolute Gasteiger partial charge is 0.248 e. The van der Waals surface area contributed by atoms with E-state index in [1.54, 1.807) is 54.3 Å². The lowest BCUT2D eigenvalue weighted by molar-refractivity contribution is -0.111. The number of hydrogen-bond acceptors (Lipinski definition) is 4. The minimum Gasteiger partial charge on any atom is -0.331 e. The minimum atomic E-state index is -0.276. The predicted molar refractivity (Wildman–Crippen MR) is 118 cm³/mol. The summed E-state index contributed by atoms with van der Waals surface area (Å²) in [6.07, 6.45) is 6.46. The van der Waals surface area contributed by atoms with Crippen molar-refractivity contribution in [3.63, 3.8) is 0 Å². The molecule has 4 aromatic rings. The molecule has 5 nitrogen and oxygen atoms in total. The average molecular weight is 422 g/mol. The lowest BCUT2D eigenvalue weighted by Gasteiger charge is -2.04. The molecular formula is C22H16ClN3O2S. The number of thiophene rings is 1. The van der Waals surface area contributed by atoms with E-state index in [2.05, 4.69) is 10.3 Å². The van der Waals surface area contributed by atoms with Crippen molar-refractivity contribution in [1.82, 2.24) is 9.55 Å². The zero-order valence-electron chi connectivity index (χ0n) is 15.4. The standard InChI is InChI=1S/C22H16ClN3O2S/c1-26-13-12-24-22(26)21(28)14-6-8-15(9-7-14)25-19(27)11-10-18-20(23)16-4-2-3-5-17(16)29-18/h2-13H,1H3,(H,25,27)/b11-10+. The highest BCUT2D eigenvalue weighted by molar-refractivity contribution is 7.20. The highest BCUT2D eigenvalue weighted by atomic mass is 35.5. The van der Waals surface area contributed by atoms with E-state index in [0.717, 1.165) is 15.0 Å². The molecule has 0 fully saturated rings. The Hall–Kier alpha value is -3.22. The van der Waals surface area contributed by atoms with Gasteiger partial charge >= 0.3 is 0 Å². The van der Waals surface area contributed by atoms with Gasteiger partial charge in [0.1, 0.15) is 0 Å². The Morgan fingerprint density at radius 1 is 1.14 bits per heavy atom. The average Bonchev–Trinajstić information content (AvgIpc) is 3.30. The van der Waals surface area contributed by atoms with Gasteiger partial charge in [0.25, 0.3) is 0 Å². The Morgan fingerprint density at radius 3 is 2.59 bits per heavy atom. The normalized spacial score (nSPS) is 11.2. The van der Waals surface area contributed by atoms with E-state index in [-0.39, 0.29) is 11.7 Å². The van der Waals surface area contributed by atoms with Gasteiger partial charge in [0, 0.05) is 51.7 Å². The second-order valence-electron chi connectivity index (χ2n) is 6.37. The first-order valence-electron chi connectivity index (χ1n) is 8.81. The molecule has 0 saturated heterocycles. The Bertz CT molecular complexity index is 1240. The second-order valence-corrected chi connectivity index (χ2v) is 7.83. The summed E-state index contributed by atoms with van der Waals surface area (Å²) in [5.74, 6) is -0.0821. The van der Waals surface area contributed by atoms with Gasteiger partial charge in [0.2, 0.25) is 11.7 Å². The lowest BCUT2D eigenvalue weighted by atomic mass is 10.1. The fourth-order valence-corrected chi connectivity index (χ4v) is 4.29. The monoisotopic (exact) mass is 421 g/mol. The molecule has 2 heterocycles. The topological polar surface area (TPSA) is 64.0 Å².